The van der Waals surface area contributed by atoms with Crippen LogP contribution in [0.1, 0.15) is 29.0 Å². The number of halogens is 1. The van der Waals surface area contributed by atoms with Crippen molar-refractivity contribution in [1.82, 2.24) is 15.1 Å². The lowest BCUT2D eigenvalue weighted by atomic mass is 10.1. The molecule has 0 N–H and O–H groups in total. The van der Waals surface area contributed by atoms with Crippen molar-refractivity contribution in [3.05, 3.63) is 46.9 Å². The molecule has 1 atom stereocenters. The maximum absolute atomic E-state index is 14.1. The fraction of sp³-hybridized carbons (Fsp3) is 0.400. The fourth-order valence-corrected chi connectivity index (χ4v) is 2.47. The van der Waals surface area contributed by atoms with Gasteiger partial charge in [-0.25, -0.2) is 4.39 Å². The lowest BCUT2D eigenvalue weighted by Crippen LogP contribution is -2.38. The van der Waals surface area contributed by atoms with E-state index in [0.717, 1.165) is 0 Å². The Morgan fingerprint density at radius 1 is 1.45 bits per heavy atom. The molecule has 3 rings (SSSR count). The van der Waals surface area contributed by atoms with Crippen molar-refractivity contribution in [2.45, 2.75) is 19.6 Å². The zero-order valence-electron chi connectivity index (χ0n) is 12.1. The Kier molecular flexibility index (Phi) is 4.13. The van der Waals surface area contributed by atoms with Crippen LogP contribution in [0, 0.1) is 24.1 Å². The molecule has 6 nitrogen and oxygen atoms in total. The van der Waals surface area contributed by atoms with Gasteiger partial charge in [0.1, 0.15) is 18.0 Å². The predicted molar refractivity (Wildman–Crippen MR) is 74.1 cm³/mol. The lowest BCUT2D eigenvalue weighted by molar-refractivity contribution is -0.0459. The van der Waals surface area contributed by atoms with Crippen molar-refractivity contribution in [1.29, 1.82) is 5.26 Å². The number of morpholine rings is 1. The van der Waals surface area contributed by atoms with Crippen LogP contribution in [0.2, 0.25) is 0 Å². The van der Waals surface area contributed by atoms with Gasteiger partial charge in [0.25, 0.3) is 0 Å². The van der Waals surface area contributed by atoms with Crippen molar-refractivity contribution >= 4 is 0 Å². The van der Waals surface area contributed by atoms with Gasteiger partial charge in [-0.1, -0.05) is 12.1 Å². The predicted octanol–water partition coefficient (Wildman–Crippen LogP) is 1.96. The van der Waals surface area contributed by atoms with E-state index in [1.807, 2.05) is 11.0 Å². The Bertz CT molecular complexity index is 710. The number of aryl methyl sites for hydroxylation is 1. The second-order valence-electron chi connectivity index (χ2n) is 5.14. The van der Waals surface area contributed by atoms with E-state index < -0.39 is 5.82 Å². The van der Waals surface area contributed by atoms with E-state index in [-0.39, 0.29) is 11.7 Å². The molecule has 0 aliphatic carbocycles. The van der Waals surface area contributed by atoms with Crippen molar-refractivity contribution in [3.8, 4) is 6.07 Å². The molecule has 1 aromatic heterocycles. The molecular formula is C15H15FN4O2. The van der Waals surface area contributed by atoms with E-state index in [9.17, 15) is 4.39 Å². The van der Waals surface area contributed by atoms with E-state index in [1.165, 1.54) is 6.07 Å². The number of nitrogens with zero attached hydrogens (tertiary/aromatic N) is 4. The Labute approximate surface area is 127 Å². The quantitative estimate of drug-likeness (QED) is 0.863. The Morgan fingerprint density at radius 3 is 3.05 bits per heavy atom. The summed E-state index contributed by atoms with van der Waals surface area (Å²) in [7, 11) is 0. The number of benzene rings is 1. The van der Waals surface area contributed by atoms with Gasteiger partial charge in [0.15, 0.2) is 0 Å². The van der Waals surface area contributed by atoms with Gasteiger partial charge in [0, 0.05) is 32.1 Å². The Balaban J connectivity index is 1.72. The average molecular weight is 302 g/mol. The van der Waals surface area contributed by atoms with Crippen LogP contribution in [0.3, 0.4) is 0 Å². The molecule has 0 radical (unpaired) electrons. The third kappa shape index (κ3) is 2.98. The summed E-state index contributed by atoms with van der Waals surface area (Å²) in [4.78, 5) is 2.05. The summed E-state index contributed by atoms with van der Waals surface area (Å²) in [5, 5.41) is 16.7. The SMILES string of the molecule is Cc1nnc(C2CN(Cc3cccc(C#N)c3F)CCO2)o1. The molecule has 1 fully saturated rings. The zero-order valence-corrected chi connectivity index (χ0v) is 12.1. The van der Waals surface area contributed by atoms with Gasteiger partial charge in [-0.3, -0.25) is 4.90 Å². The van der Waals surface area contributed by atoms with Gasteiger partial charge < -0.3 is 9.15 Å². The molecule has 1 saturated heterocycles. The molecule has 7 heteroatoms. The van der Waals surface area contributed by atoms with Crippen LogP contribution in [0.15, 0.2) is 22.6 Å². The number of hydrogen-bond acceptors (Lipinski definition) is 6. The first-order valence-electron chi connectivity index (χ1n) is 6.99. The van der Waals surface area contributed by atoms with E-state index in [0.29, 0.717) is 43.6 Å². The molecule has 1 unspecified atom stereocenters. The summed E-state index contributed by atoms with van der Waals surface area (Å²) in [6, 6.07) is 6.72. The number of rotatable bonds is 3. The smallest absolute Gasteiger partial charge is 0.246 e. The summed E-state index contributed by atoms with van der Waals surface area (Å²) in [6.45, 7) is 3.86. The molecule has 1 aliphatic heterocycles. The first kappa shape index (κ1) is 14.6. The molecule has 114 valence electrons. The van der Waals surface area contributed by atoms with Gasteiger partial charge in [0.05, 0.1) is 12.2 Å². The molecule has 1 aliphatic rings. The van der Waals surface area contributed by atoms with E-state index >= 15 is 0 Å². The molecule has 2 heterocycles. The van der Waals surface area contributed by atoms with Crippen molar-refractivity contribution < 1.29 is 13.5 Å². The second-order valence-corrected chi connectivity index (χ2v) is 5.14. The summed E-state index contributed by atoms with van der Waals surface area (Å²) in [5.74, 6) is 0.471. The van der Waals surface area contributed by atoms with Gasteiger partial charge in [0.2, 0.25) is 11.8 Å². The van der Waals surface area contributed by atoms with E-state index in [1.54, 1.807) is 19.1 Å². The average Bonchev–Trinajstić information content (AvgIpc) is 2.96. The van der Waals surface area contributed by atoms with E-state index in [4.69, 9.17) is 14.4 Å². The summed E-state index contributed by atoms with van der Waals surface area (Å²) >= 11 is 0. The second kappa shape index (κ2) is 6.22. The number of hydrogen-bond donors (Lipinski definition) is 0. The van der Waals surface area contributed by atoms with Gasteiger partial charge in [-0.15, -0.1) is 10.2 Å². The molecule has 22 heavy (non-hydrogen) atoms. The molecule has 0 amide bonds. The van der Waals surface area contributed by atoms with E-state index in [2.05, 4.69) is 10.2 Å². The molecule has 0 saturated carbocycles. The summed E-state index contributed by atoms with van der Waals surface area (Å²) in [5.41, 5.74) is 0.566. The highest BCUT2D eigenvalue weighted by molar-refractivity contribution is 5.34. The zero-order chi connectivity index (χ0) is 15.5. The highest BCUT2D eigenvalue weighted by atomic mass is 19.1. The minimum absolute atomic E-state index is 0.0647. The third-order valence-corrected chi connectivity index (χ3v) is 3.56. The highest BCUT2D eigenvalue weighted by Gasteiger charge is 2.26. The molecule has 1 aromatic carbocycles. The fourth-order valence-electron chi connectivity index (χ4n) is 2.47. The summed E-state index contributed by atoms with van der Waals surface area (Å²) in [6.07, 6.45) is -0.308. The Hall–Kier alpha value is -2.30. The first-order valence-corrected chi connectivity index (χ1v) is 6.99. The van der Waals surface area contributed by atoms with Gasteiger partial charge >= 0.3 is 0 Å². The minimum atomic E-state index is -0.457. The van der Waals surface area contributed by atoms with Crippen LogP contribution in [0.4, 0.5) is 4.39 Å². The topological polar surface area (TPSA) is 75.2 Å². The molecular weight excluding hydrogens is 287 g/mol. The normalized spacial score (nSPS) is 19.0. The lowest BCUT2D eigenvalue weighted by Gasteiger charge is -2.31. The standard InChI is InChI=1S/C15H15FN4O2/c1-10-18-19-15(22-10)13-9-20(5-6-21-13)8-12-4-2-3-11(7-17)14(12)16/h2-4,13H,5-6,8-9H2,1H3. The van der Waals surface area contributed by atoms with Crippen LogP contribution in [-0.4, -0.2) is 34.8 Å². The van der Waals surface area contributed by atoms with Crippen LogP contribution < -0.4 is 0 Å². The highest BCUT2D eigenvalue weighted by Crippen LogP contribution is 2.23. The summed E-state index contributed by atoms with van der Waals surface area (Å²) < 4.78 is 25.2. The number of aromatic nitrogens is 2. The van der Waals surface area contributed by atoms with Crippen LogP contribution >= 0.6 is 0 Å². The maximum atomic E-state index is 14.1. The molecule has 2 aromatic rings. The van der Waals surface area contributed by atoms with Crippen LogP contribution in [0.25, 0.3) is 0 Å². The van der Waals surface area contributed by atoms with Crippen LogP contribution in [0.5, 0.6) is 0 Å². The molecule has 0 spiro atoms. The van der Waals surface area contributed by atoms with Crippen molar-refractivity contribution in [2.75, 3.05) is 19.7 Å². The van der Waals surface area contributed by atoms with Gasteiger partial charge in [-0.2, -0.15) is 5.26 Å². The monoisotopic (exact) mass is 302 g/mol. The largest absolute Gasteiger partial charge is 0.423 e. The third-order valence-electron chi connectivity index (χ3n) is 3.56. The van der Waals surface area contributed by atoms with Gasteiger partial charge in [-0.05, 0) is 6.07 Å². The maximum Gasteiger partial charge on any atom is 0.246 e. The molecule has 0 bridgehead atoms. The minimum Gasteiger partial charge on any atom is -0.423 e. The number of ether oxygens (including phenoxy) is 1. The van der Waals surface area contributed by atoms with Crippen LogP contribution in [-0.2, 0) is 11.3 Å². The Morgan fingerprint density at radius 2 is 2.32 bits per heavy atom. The number of nitriles is 1. The van der Waals surface area contributed by atoms with Crippen molar-refractivity contribution in [2.24, 2.45) is 0 Å². The van der Waals surface area contributed by atoms with Crippen molar-refractivity contribution in [3.63, 3.8) is 0 Å². The first-order chi connectivity index (χ1) is 10.7.